The van der Waals surface area contributed by atoms with Crippen molar-refractivity contribution in [1.82, 2.24) is 5.32 Å². The molecular weight excluding hydrogens is 318 g/mol. The van der Waals surface area contributed by atoms with Crippen molar-refractivity contribution in [3.8, 4) is 0 Å². The van der Waals surface area contributed by atoms with Crippen LogP contribution in [0, 0.1) is 6.92 Å². The molecule has 1 amide bonds. The van der Waals surface area contributed by atoms with Gasteiger partial charge in [0.2, 0.25) is 0 Å². The fourth-order valence-corrected chi connectivity index (χ4v) is 3.52. The van der Waals surface area contributed by atoms with Crippen LogP contribution in [0.5, 0.6) is 0 Å². The van der Waals surface area contributed by atoms with Crippen LogP contribution in [0.1, 0.15) is 43.0 Å². The molecule has 1 N–H and O–H groups in total. The number of rotatable bonds is 3. The molecule has 0 aliphatic carbocycles. The molecular formula is C13H18ClNO5S. The molecule has 1 aromatic rings. The van der Waals surface area contributed by atoms with E-state index in [1.807, 2.05) is 13.8 Å². The van der Waals surface area contributed by atoms with Crippen LogP contribution in [0.3, 0.4) is 0 Å². The number of carbonyl (C=O) groups excluding carboxylic acids is 1. The first-order chi connectivity index (χ1) is 9.58. The minimum absolute atomic E-state index is 0.0392. The zero-order valence-corrected chi connectivity index (χ0v) is 13.7. The van der Waals surface area contributed by atoms with Crippen molar-refractivity contribution < 1.29 is 22.4 Å². The van der Waals surface area contributed by atoms with Gasteiger partial charge in [0.1, 0.15) is 10.7 Å². The summed E-state index contributed by atoms with van der Waals surface area (Å²) in [5.74, 6) is -0.411. The van der Waals surface area contributed by atoms with E-state index in [1.165, 1.54) is 6.92 Å². The van der Waals surface area contributed by atoms with Crippen molar-refractivity contribution in [2.24, 2.45) is 0 Å². The summed E-state index contributed by atoms with van der Waals surface area (Å²) >= 11 is 0. The average molecular weight is 336 g/mol. The largest absolute Gasteiger partial charge is 0.455 e. The lowest BCUT2D eigenvalue weighted by molar-refractivity contribution is -0.0616. The third-order valence-electron chi connectivity index (χ3n) is 3.39. The predicted molar refractivity (Wildman–Crippen MR) is 77.0 cm³/mol. The highest BCUT2D eigenvalue weighted by atomic mass is 35.7. The summed E-state index contributed by atoms with van der Waals surface area (Å²) < 4.78 is 33.4. The second kappa shape index (κ2) is 5.62. The van der Waals surface area contributed by atoms with Gasteiger partial charge in [-0.2, -0.15) is 0 Å². The van der Waals surface area contributed by atoms with Gasteiger partial charge in [-0.25, -0.2) is 8.42 Å². The molecule has 2 heterocycles. The van der Waals surface area contributed by atoms with E-state index in [9.17, 15) is 13.2 Å². The van der Waals surface area contributed by atoms with Crippen LogP contribution in [-0.2, 0) is 13.8 Å². The highest BCUT2D eigenvalue weighted by molar-refractivity contribution is 8.13. The first-order valence-corrected chi connectivity index (χ1v) is 8.89. The maximum Gasteiger partial charge on any atom is 0.287 e. The molecule has 1 aliphatic rings. The van der Waals surface area contributed by atoms with Gasteiger partial charge >= 0.3 is 0 Å². The molecule has 2 rings (SSSR count). The fraction of sp³-hybridized carbons (Fsp3) is 0.615. The Morgan fingerprint density at radius 2 is 2.14 bits per heavy atom. The second-order valence-electron chi connectivity index (χ2n) is 5.74. The van der Waals surface area contributed by atoms with Gasteiger partial charge in [0.15, 0.2) is 5.76 Å². The molecule has 118 valence electrons. The van der Waals surface area contributed by atoms with Crippen LogP contribution >= 0.6 is 10.7 Å². The fourth-order valence-electron chi connectivity index (χ4n) is 2.43. The second-order valence-corrected chi connectivity index (χ2v) is 8.27. The Kier molecular flexibility index (Phi) is 4.37. The van der Waals surface area contributed by atoms with Crippen LogP contribution in [-0.4, -0.2) is 32.6 Å². The minimum Gasteiger partial charge on any atom is -0.455 e. The molecule has 0 spiro atoms. The quantitative estimate of drug-likeness (QED) is 0.856. The lowest BCUT2D eigenvalue weighted by atomic mass is 9.94. The number of carbonyl (C=O) groups is 1. The Hall–Kier alpha value is -1.05. The summed E-state index contributed by atoms with van der Waals surface area (Å²) in [5.41, 5.74) is -0.292. The number of hydrogen-bond acceptors (Lipinski definition) is 5. The van der Waals surface area contributed by atoms with E-state index in [-0.39, 0.29) is 28.1 Å². The van der Waals surface area contributed by atoms with Crippen LogP contribution in [0.15, 0.2) is 15.4 Å². The topological polar surface area (TPSA) is 85.6 Å². The maximum absolute atomic E-state index is 12.1. The lowest BCUT2D eigenvalue weighted by Crippen LogP contribution is -2.45. The van der Waals surface area contributed by atoms with Gasteiger partial charge in [-0.15, -0.1) is 0 Å². The normalized spacial score (nSPS) is 22.0. The van der Waals surface area contributed by atoms with Gasteiger partial charge in [-0.3, -0.25) is 4.79 Å². The molecule has 1 saturated heterocycles. The summed E-state index contributed by atoms with van der Waals surface area (Å²) in [6.07, 6.45) is 1.38. The molecule has 0 radical (unpaired) electrons. The van der Waals surface area contributed by atoms with Gasteiger partial charge in [-0.1, -0.05) is 0 Å². The van der Waals surface area contributed by atoms with Gasteiger partial charge in [0.25, 0.3) is 15.0 Å². The maximum atomic E-state index is 12.1. The van der Waals surface area contributed by atoms with E-state index in [1.54, 1.807) is 0 Å². The molecule has 8 heteroatoms. The Labute approximate surface area is 128 Å². The minimum atomic E-state index is -3.92. The van der Waals surface area contributed by atoms with Crippen molar-refractivity contribution >= 4 is 25.6 Å². The summed E-state index contributed by atoms with van der Waals surface area (Å²) in [6.45, 7) is 5.93. The number of aryl methyl sites for hydroxylation is 1. The molecule has 21 heavy (non-hydrogen) atoms. The van der Waals surface area contributed by atoms with E-state index in [4.69, 9.17) is 19.8 Å². The molecule has 1 aromatic heterocycles. The Bertz CT molecular complexity index is 650. The summed E-state index contributed by atoms with van der Waals surface area (Å²) in [5, 5.41) is 2.83. The molecule has 1 aliphatic heterocycles. The first-order valence-electron chi connectivity index (χ1n) is 6.58. The predicted octanol–water partition coefficient (Wildman–Crippen LogP) is 2.20. The Morgan fingerprint density at radius 1 is 1.48 bits per heavy atom. The van der Waals surface area contributed by atoms with Gasteiger partial charge in [0.05, 0.1) is 5.60 Å². The number of halogens is 1. The first kappa shape index (κ1) is 16.3. The average Bonchev–Trinajstić information content (AvgIpc) is 2.69. The molecule has 6 nitrogen and oxygen atoms in total. The van der Waals surface area contributed by atoms with E-state index in [0.29, 0.717) is 19.4 Å². The monoisotopic (exact) mass is 335 g/mol. The third-order valence-corrected chi connectivity index (χ3v) is 4.82. The number of amides is 1. The molecule has 0 bridgehead atoms. The zero-order chi connectivity index (χ0) is 15.8. The highest BCUT2D eigenvalue weighted by Crippen LogP contribution is 2.26. The zero-order valence-electron chi connectivity index (χ0n) is 12.1. The third kappa shape index (κ3) is 3.99. The van der Waals surface area contributed by atoms with Crippen molar-refractivity contribution in [2.75, 3.05) is 6.61 Å². The van der Waals surface area contributed by atoms with E-state index in [0.717, 1.165) is 6.07 Å². The van der Waals surface area contributed by atoms with Crippen LogP contribution in [0.25, 0.3) is 0 Å². The number of nitrogens with one attached hydrogen (secondary N) is 1. The van der Waals surface area contributed by atoms with E-state index >= 15 is 0 Å². The molecule has 0 aromatic carbocycles. The highest BCUT2D eigenvalue weighted by Gasteiger charge is 2.31. The van der Waals surface area contributed by atoms with Gasteiger partial charge < -0.3 is 14.5 Å². The number of ether oxygens (including phenoxy) is 1. The van der Waals surface area contributed by atoms with Gasteiger partial charge in [-0.05, 0) is 33.6 Å². The standard InChI is InChI=1S/C13H18ClNO5S/c1-8-11(21(14,17)18)6-10(20-8)12(16)15-9-4-5-19-13(2,3)7-9/h6,9H,4-5,7H2,1-3H3,(H,15,16). The molecule has 1 unspecified atom stereocenters. The Morgan fingerprint density at radius 3 is 2.67 bits per heavy atom. The van der Waals surface area contributed by atoms with Gasteiger partial charge in [0, 0.05) is 29.4 Å². The number of furan rings is 1. The molecule has 1 atom stereocenters. The summed E-state index contributed by atoms with van der Waals surface area (Å²) in [7, 11) is 1.36. The van der Waals surface area contributed by atoms with Crippen molar-refractivity contribution in [3.05, 3.63) is 17.6 Å². The molecule has 1 fully saturated rings. The van der Waals surface area contributed by atoms with Crippen LogP contribution in [0.2, 0.25) is 0 Å². The van der Waals surface area contributed by atoms with Crippen LogP contribution < -0.4 is 5.32 Å². The van der Waals surface area contributed by atoms with E-state index in [2.05, 4.69) is 5.32 Å². The van der Waals surface area contributed by atoms with Crippen molar-refractivity contribution in [1.29, 1.82) is 0 Å². The smallest absolute Gasteiger partial charge is 0.287 e. The molecule has 0 saturated carbocycles. The van der Waals surface area contributed by atoms with Crippen molar-refractivity contribution in [3.63, 3.8) is 0 Å². The Balaban J connectivity index is 2.11. The van der Waals surface area contributed by atoms with E-state index < -0.39 is 15.0 Å². The number of hydrogen-bond donors (Lipinski definition) is 1. The summed E-state index contributed by atoms with van der Waals surface area (Å²) in [6, 6.07) is 1.11. The van der Waals surface area contributed by atoms with Crippen molar-refractivity contribution in [2.45, 2.75) is 50.2 Å². The SMILES string of the molecule is Cc1oc(C(=O)NC2CCOC(C)(C)C2)cc1S(=O)(=O)Cl. The lowest BCUT2D eigenvalue weighted by Gasteiger charge is -2.35. The van der Waals surface area contributed by atoms with Crippen LogP contribution in [0.4, 0.5) is 0 Å². The summed E-state index contributed by atoms with van der Waals surface area (Å²) in [4.78, 5) is 12.0.